The van der Waals surface area contributed by atoms with Crippen molar-refractivity contribution in [2.75, 3.05) is 11.9 Å². The highest BCUT2D eigenvalue weighted by atomic mass is 16.1. The lowest BCUT2D eigenvalue weighted by Gasteiger charge is -2.10. The van der Waals surface area contributed by atoms with Crippen LogP contribution in [0.25, 0.3) is 5.52 Å². The average Bonchev–Trinajstić information content (AvgIpc) is 3.27. The number of pyridine rings is 1. The minimum atomic E-state index is -0.0851. The Labute approximate surface area is 168 Å². The summed E-state index contributed by atoms with van der Waals surface area (Å²) in [4.78, 5) is 16.6. The molecule has 0 amide bonds. The number of nitrogens with one attached hydrogen (secondary N) is 1. The molecule has 1 aliphatic rings. The number of hydrogen-bond acceptors (Lipinski definition) is 5. The number of ketones is 1. The summed E-state index contributed by atoms with van der Waals surface area (Å²) < 4.78 is 5.95. The number of aryl methyl sites for hydroxylation is 2. The van der Waals surface area contributed by atoms with Crippen LogP contribution in [-0.2, 0) is 18.4 Å². The predicted octanol–water partition coefficient (Wildman–Crippen LogP) is 1.91. The van der Waals surface area contributed by atoms with Crippen molar-refractivity contribution in [3.8, 4) is 0 Å². The van der Waals surface area contributed by atoms with E-state index in [1.807, 2.05) is 42.2 Å². The molecule has 0 aliphatic heterocycles. The van der Waals surface area contributed by atoms with Gasteiger partial charge < -0.3 is 11.1 Å². The lowest BCUT2D eigenvalue weighted by Crippen LogP contribution is -2.23. The number of carbonyl (C=O) groups excluding carboxylic acids is 1. The smallest absolute Gasteiger partial charge is 0.243 e. The van der Waals surface area contributed by atoms with Crippen LogP contribution in [0.2, 0.25) is 0 Å². The van der Waals surface area contributed by atoms with Crippen LogP contribution in [0.5, 0.6) is 0 Å². The molecule has 0 aromatic carbocycles. The first-order valence-corrected chi connectivity index (χ1v) is 9.52. The first kappa shape index (κ1) is 18.7. The van der Waals surface area contributed by atoms with Crippen molar-refractivity contribution in [2.24, 2.45) is 17.8 Å². The second-order valence-corrected chi connectivity index (χ2v) is 7.11. The number of rotatable bonds is 6. The maximum absolute atomic E-state index is 11.8. The van der Waals surface area contributed by atoms with Crippen LogP contribution in [0.4, 0.5) is 11.5 Å². The number of nitrogens with zero attached hydrogens (tertiary/aromatic N) is 5. The van der Waals surface area contributed by atoms with E-state index >= 15 is 0 Å². The molecule has 0 radical (unpaired) electrons. The summed E-state index contributed by atoms with van der Waals surface area (Å²) in [6.07, 6.45) is 12.1. The van der Waals surface area contributed by atoms with Crippen molar-refractivity contribution >= 4 is 28.5 Å². The molecule has 8 heteroatoms. The second-order valence-electron chi connectivity index (χ2n) is 7.11. The molecule has 0 bridgehead atoms. The third kappa shape index (κ3) is 3.96. The van der Waals surface area contributed by atoms with Crippen molar-refractivity contribution in [1.29, 1.82) is 0 Å². The normalized spacial score (nSPS) is 15.7. The number of hydrogen-bond donors (Lipinski definition) is 2. The van der Waals surface area contributed by atoms with Gasteiger partial charge in [0.2, 0.25) is 6.33 Å². The molecule has 0 saturated heterocycles. The van der Waals surface area contributed by atoms with E-state index in [-0.39, 0.29) is 5.78 Å². The number of aromatic nitrogens is 4. The number of imidazole rings is 1. The Morgan fingerprint density at radius 2 is 2.14 bits per heavy atom. The van der Waals surface area contributed by atoms with Gasteiger partial charge in [0.1, 0.15) is 18.1 Å². The topological polar surface area (TPSA) is 93.6 Å². The Hall–Kier alpha value is -3.68. The van der Waals surface area contributed by atoms with E-state index in [1.54, 1.807) is 17.5 Å². The number of carbonyl (C=O) groups is 1. The number of nitrogens with two attached hydrogens (primary N) is 1. The number of aliphatic imine (C=N–C) groups is 1. The Morgan fingerprint density at radius 3 is 2.93 bits per heavy atom. The summed E-state index contributed by atoms with van der Waals surface area (Å²) in [5.41, 5.74) is 9.18. The third-order valence-corrected chi connectivity index (χ3v) is 4.78. The molecule has 0 spiro atoms. The van der Waals surface area contributed by atoms with Gasteiger partial charge in [0.05, 0.1) is 30.5 Å². The van der Waals surface area contributed by atoms with E-state index in [9.17, 15) is 4.79 Å². The fourth-order valence-corrected chi connectivity index (χ4v) is 3.22. The molecule has 3 aromatic rings. The van der Waals surface area contributed by atoms with Crippen LogP contribution in [0.15, 0.2) is 71.5 Å². The van der Waals surface area contributed by atoms with Gasteiger partial charge in [-0.15, -0.1) is 5.10 Å². The maximum Gasteiger partial charge on any atom is 0.243 e. The van der Waals surface area contributed by atoms with Gasteiger partial charge in [-0.1, -0.05) is 6.07 Å². The lowest BCUT2D eigenvalue weighted by atomic mass is 10.0. The minimum absolute atomic E-state index is 0.0851. The van der Waals surface area contributed by atoms with E-state index in [0.29, 0.717) is 28.5 Å². The largest absolute Gasteiger partial charge is 0.397 e. The molecule has 8 nitrogen and oxygen atoms in total. The Balaban J connectivity index is 1.58. The molecule has 0 unspecified atom stereocenters. The number of fused-ring (bicyclic) bond motifs is 1. The summed E-state index contributed by atoms with van der Waals surface area (Å²) in [6, 6.07) is 5.83. The molecule has 4 rings (SSSR count). The maximum atomic E-state index is 11.8. The molecule has 3 aromatic heterocycles. The standard InChI is InChI=1S/C21H23N7O/c1-15-12-17(16(22)13-19(15)29)24-20-18-6-3-4-9-28(18)25-21(20)23-7-5-8-27-11-10-26(2)14-27/h3-4,6,9-14H,5,7-8H2,1-2H3,(H2-,22,23,25,29)/p+1/b24-17+. The zero-order valence-corrected chi connectivity index (χ0v) is 16.5. The summed E-state index contributed by atoms with van der Waals surface area (Å²) in [5, 5.41) is 8.02. The van der Waals surface area contributed by atoms with E-state index in [2.05, 4.69) is 27.5 Å². The lowest BCUT2D eigenvalue weighted by molar-refractivity contribution is -0.671. The Bertz CT molecular complexity index is 1160. The van der Waals surface area contributed by atoms with E-state index in [1.165, 1.54) is 6.08 Å². The van der Waals surface area contributed by atoms with Gasteiger partial charge in [0.25, 0.3) is 0 Å². The van der Waals surface area contributed by atoms with Crippen LogP contribution in [-0.4, -0.2) is 32.2 Å². The van der Waals surface area contributed by atoms with Gasteiger partial charge in [-0.3, -0.25) is 4.79 Å². The molecule has 29 heavy (non-hydrogen) atoms. The molecule has 3 heterocycles. The quantitative estimate of drug-likeness (QED) is 0.382. The molecule has 1 aliphatic carbocycles. The first-order valence-electron chi connectivity index (χ1n) is 9.52. The molecule has 0 atom stereocenters. The molecular weight excluding hydrogens is 366 g/mol. The van der Waals surface area contributed by atoms with Crippen molar-refractivity contribution in [3.63, 3.8) is 0 Å². The Morgan fingerprint density at radius 1 is 1.28 bits per heavy atom. The van der Waals surface area contributed by atoms with Gasteiger partial charge in [-0.25, -0.2) is 18.6 Å². The Kier molecular flexibility index (Phi) is 4.99. The summed E-state index contributed by atoms with van der Waals surface area (Å²) in [7, 11) is 2.01. The fraction of sp³-hybridized carbons (Fsp3) is 0.238. The van der Waals surface area contributed by atoms with Gasteiger partial charge in [-0.05, 0) is 30.7 Å². The summed E-state index contributed by atoms with van der Waals surface area (Å²) in [5.74, 6) is 0.607. The van der Waals surface area contributed by atoms with E-state index in [4.69, 9.17) is 10.7 Å². The molecular formula is C21H24N7O+. The zero-order valence-electron chi connectivity index (χ0n) is 16.5. The van der Waals surface area contributed by atoms with Crippen LogP contribution in [0.1, 0.15) is 13.3 Å². The fourth-order valence-electron chi connectivity index (χ4n) is 3.22. The molecule has 0 saturated carbocycles. The monoisotopic (exact) mass is 390 g/mol. The average molecular weight is 390 g/mol. The van der Waals surface area contributed by atoms with Crippen molar-refractivity contribution < 1.29 is 9.36 Å². The van der Waals surface area contributed by atoms with Crippen molar-refractivity contribution in [1.82, 2.24) is 14.2 Å². The molecule has 3 N–H and O–H groups in total. The second kappa shape index (κ2) is 7.75. The highest BCUT2D eigenvalue weighted by Crippen LogP contribution is 2.31. The SMILES string of the molecule is CC1=C/C(=N\c2c(NCCCn3cc[n+](C)c3)nn3ccccc23)C(N)=CC1=O. The molecule has 0 fully saturated rings. The van der Waals surface area contributed by atoms with Crippen molar-refractivity contribution in [3.05, 3.63) is 66.5 Å². The third-order valence-electron chi connectivity index (χ3n) is 4.78. The van der Waals surface area contributed by atoms with Gasteiger partial charge >= 0.3 is 0 Å². The highest BCUT2D eigenvalue weighted by molar-refractivity contribution is 6.22. The van der Waals surface area contributed by atoms with E-state index < -0.39 is 0 Å². The summed E-state index contributed by atoms with van der Waals surface area (Å²) in [6.45, 7) is 3.42. The van der Waals surface area contributed by atoms with Gasteiger partial charge in [-0.2, -0.15) is 0 Å². The van der Waals surface area contributed by atoms with Gasteiger partial charge in [0, 0.05) is 25.2 Å². The number of allylic oxidation sites excluding steroid dienone is 3. The highest BCUT2D eigenvalue weighted by Gasteiger charge is 2.17. The van der Waals surface area contributed by atoms with Crippen LogP contribution in [0, 0.1) is 0 Å². The van der Waals surface area contributed by atoms with Crippen LogP contribution in [0.3, 0.4) is 0 Å². The first-order chi connectivity index (χ1) is 14.0. The van der Waals surface area contributed by atoms with E-state index in [0.717, 1.165) is 25.0 Å². The summed E-state index contributed by atoms with van der Waals surface area (Å²) >= 11 is 0. The van der Waals surface area contributed by atoms with Crippen LogP contribution >= 0.6 is 0 Å². The predicted molar refractivity (Wildman–Crippen MR) is 112 cm³/mol. The molecule has 148 valence electrons. The minimum Gasteiger partial charge on any atom is -0.397 e. The van der Waals surface area contributed by atoms with Gasteiger partial charge in [0.15, 0.2) is 11.6 Å². The van der Waals surface area contributed by atoms with Crippen molar-refractivity contribution in [2.45, 2.75) is 19.9 Å². The zero-order chi connectivity index (χ0) is 20.4. The number of anilines is 1. The van der Waals surface area contributed by atoms with Crippen LogP contribution < -0.4 is 15.6 Å².